The van der Waals surface area contributed by atoms with E-state index in [0.29, 0.717) is 114 Å². The Morgan fingerprint density at radius 3 is 1.08 bits per heavy atom. The van der Waals surface area contributed by atoms with Crippen LogP contribution in [0, 0.1) is 10.8 Å². The Labute approximate surface area is 823 Å². The average Bonchev–Trinajstić information content (AvgIpc) is 0.819. The molecule has 9 heterocycles. The van der Waals surface area contributed by atoms with E-state index in [-0.39, 0.29) is 146 Å². The number of nitrogens with zero attached hydrogens (tertiary/aromatic N) is 10. The van der Waals surface area contributed by atoms with Gasteiger partial charge in [0.25, 0.3) is 5.91 Å². The fourth-order valence-corrected chi connectivity index (χ4v) is 14.2. The van der Waals surface area contributed by atoms with E-state index in [4.69, 9.17) is 82.0 Å². The Morgan fingerprint density at radius 2 is 0.772 bits per heavy atom. The van der Waals surface area contributed by atoms with Gasteiger partial charge in [0.2, 0.25) is 24.1 Å². The molecule has 6 amide bonds. The first-order chi connectivity index (χ1) is 63.1. The highest BCUT2D eigenvalue weighted by molar-refractivity contribution is 5.84. The minimum atomic E-state index is -0.889. The standard InChI is InChI=1S/C13H25NO2.C13H27NO2.C11H21NO3.2C9H17NO3.C9H19NO.C8H15NO3.C8H15NO2.C8H17NO2.C7H13NO2.C7H14O/c1-11(2)16-10-13(4,5)12(3)14-6-8-15-9-7-14;1-11(2)16-10-13(3,4)12(15)8-7-9-14(5)6;1-8(2)14-9-6-12(7-9)10(13)15-11(3,4)5;1-6(2)13-8-4-10(5-8)9(12)7(3)11;1-7(2)13-8-5-10(6-8)9(12)3-4-11;1-7(2)10-5-9(6-10)11-8(3)4;1-6(2)12-7-3-9(4-7)8(11)5-10;1-6(2)11-8-4-9(5-8)7(3)10;1-7(2)11-8-5-9(6-8)3-4-10;1-6(2)10-7-3-8(4-7)5-9;1-6(2)8-7-4-3-5-7/h11H,3,6-10H2,1-2,4-5H3;11H,7-10H2,1-6H3;8-9H,6-7H2,1-5H3;6-8,11H,4-5H2,1-3H3;7-8,11H,3-6H2,1-2H3;7-9H,5-6H2,1-4H3;6-7,10H,3-5H2,1-2H3;6,8H,4-5H2,1-3H3;7-8,10H,3-6H2,1-2H3;5-7H,3-4H2,1-2H3;6-7H,3-5H2,1-2H3/t;;;7-;;;;;;;/m...0......./s1. The van der Waals surface area contributed by atoms with Crippen LogP contribution in [0.2, 0.25) is 0 Å². The van der Waals surface area contributed by atoms with Crippen molar-refractivity contribution in [3.63, 3.8) is 0 Å². The SMILES string of the molecule is C=C(N1CCOCC1)C(C)(C)COC(C)C.CC(=O)N1CC(OC(C)C)C1.CC(C)OC1CCC1.CC(C)OC1CN(C(=O)CCO)C1.CC(C)OC1CN(C(=O)CO)C1.CC(C)OC1CN(C(=O)OC(C)(C)C)C1.CC(C)OC1CN(C(=O)[C@H](C)O)C1.CC(C)OC1CN(C(C)C)C1.CC(C)OC1CN(C=O)C1.CC(C)OC1CN(CCO)C1.CC(C)OCC(C)(C)C(=O)CCCN(C)C. The first-order valence-electron chi connectivity index (χ1n) is 50.7. The summed E-state index contributed by atoms with van der Waals surface area (Å²) in [6, 6.07) is 0.682. The fraction of sp³-hybridized carbons (Fsp3) is 0.912. The highest BCUT2D eigenvalue weighted by Crippen LogP contribution is 2.30. The maximum Gasteiger partial charge on any atom is 0.410 e. The number of likely N-dealkylation sites (tertiary alicyclic amines) is 8. The number of amides is 6. The zero-order valence-electron chi connectivity index (χ0n) is 91.7. The number of aliphatic hydroxyl groups excluding tert-OH is 4. The van der Waals surface area contributed by atoms with Gasteiger partial charge in [-0.3, -0.25) is 38.6 Å². The van der Waals surface area contributed by atoms with Gasteiger partial charge in [-0.15, -0.1) is 0 Å². The second-order valence-corrected chi connectivity index (χ2v) is 42.6. The largest absolute Gasteiger partial charge is 0.444 e. The van der Waals surface area contributed by atoms with Crippen LogP contribution in [0.4, 0.5) is 4.79 Å². The van der Waals surface area contributed by atoms with E-state index in [1.165, 1.54) is 26.2 Å². The lowest BCUT2D eigenvalue weighted by Crippen LogP contribution is -2.57. The number of rotatable bonds is 39. The second kappa shape index (κ2) is 69.1. The van der Waals surface area contributed by atoms with Gasteiger partial charge >= 0.3 is 6.09 Å². The predicted octanol–water partition coefficient (Wildman–Crippen LogP) is 10.7. The Bertz CT molecular complexity index is 3160. The number of ether oxygens (including phenoxy) is 13. The van der Waals surface area contributed by atoms with Crippen LogP contribution in [-0.4, -0.2) is 442 Å². The van der Waals surface area contributed by atoms with E-state index in [1.54, 1.807) is 36.3 Å². The van der Waals surface area contributed by atoms with Gasteiger partial charge < -0.3 is 121 Å². The van der Waals surface area contributed by atoms with Crippen molar-refractivity contribution >= 4 is 41.9 Å². The monoisotopic (exact) mass is 1950 g/mol. The Morgan fingerprint density at radius 1 is 0.426 bits per heavy atom. The molecule has 10 fully saturated rings. The van der Waals surface area contributed by atoms with Gasteiger partial charge in [0.15, 0.2) is 0 Å². The first kappa shape index (κ1) is 131. The molecule has 1 saturated carbocycles. The van der Waals surface area contributed by atoms with Gasteiger partial charge in [0.05, 0.1) is 175 Å². The molecular weight excluding hydrogens is 1750 g/mol. The number of carbonyl (C=O) groups excluding carboxylic acids is 7. The molecule has 0 aromatic heterocycles. The molecule has 0 bridgehead atoms. The molecule has 1 aliphatic carbocycles. The maximum absolute atomic E-state index is 12.0. The molecule has 4 N–H and O–H groups in total. The maximum atomic E-state index is 12.0. The molecule has 136 heavy (non-hydrogen) atoms. The van der Waals surface area contributed by atoms with Gasteiger partial charge in [-0.1, -0.05) is 34.3 Å². The minimum Gasteiger partial charge on any atom is -0.444 e. The van der Waals surface area contributed by atoms with Gasteiger partial charge in [0, 0.05) is 154 Å². The van der Waals surface area contributed by atoms with E-state index in [1.807, 2.05) is 146 Å². The number of carbonyl (C=O) groups is 7. The molecule has 10 rings (SSSR count). The number of hydrogen-bond acceptors (Lipinski definition) is 28. The Hall–Kier alpha value is -4.93. The van der Waals surface area contributed by atoms with Crippen molar-refractivity contribution in [3.05, 3.63) is 12.3 Å². The van der Waals surface area contributed by atoms with Crippen LogP contribution in [0.25, 0.3) is 0 Å². The Kier molecular flexibility index (Phi) is 66.6. The smallest absolute Gasteiger partial charge is 0.410 e. The summed E-state index contributed by atoms with van der Waals surface area (Å²) in [4.78, 5) is 96.6. The molecule has 9 aliphatic heterocycles. The molecule has 0 unspecified atom stereocenters. The van der Waals surface area contributed by atoms with Crippen LogP contribution in [-0.2, 0) is 90.3 Å². The van der Waals surface area contributed by atoms with Gasteiger partial charge in [-0.2, -0.15) is 0 Å². The van der Waals surface area contributed by atoms with Crippen molar-refractivity contribution in [1.82, 2.24) is 49.0 Å². The first-order valence-corrected chi connectivity index (χ1v) is 50.7. The number of ketones is 1. The van der Waals surface area contributed by atoms with Crippen LogP contribution < -0.4 is 0 Å². The Balaban J connectivity index is 0.00000148. The lowest BCUT2D eigenvalue weighted by atomic mass is 9.86. The zero-order valence-corrected chi connectivity index (χ0v) is 91.7. The van der Waals surface area contributed by atoms with Crippen molar-refractivity contribution in [2.75, 3.05) is 191 Å². The topological polar surface area (TPSA) is 353 Å². The van der Waals surface area contributed by atoms with Crippen LogP contribution in [0.1, 0.15) is 267 Å². The highest BCUT2D eigenvalue weighted by Gasteiger charge is 2.39. The third kappa shape index (κ3) is 61.1. The summed E-state index contributed by atoms with van der Waals surface area (Å²) < 4.78 is 71.3. The van der Waals surface area contributed by atoms with E-state index >= 15 is 0 Å². The summed E-state index contributed by atoms with van der Waals surface area (Å²) in [6.07, 6.45) is 11.3. The van der Waals surface area contributed by atoms with Crippen molar-refractivity contribution in [1.29, 1.82) is 0 Å². The fourth-order valence-electron chi connectivity index (χ4n) is 14.2. The number of hydrogen-bond donors (Lipinski definition) is 4. The lowest BCUT2D eigenvalue weighted by molar-refractivity contribution is -0.155. The summed E-state index contributed by atoms with van der Waals surface area (Å²) in [6.45, 7) is 88.8. The highest BCUT2D eigenvalue weighted by atomic mass is 16.6. The van der Waals surface area contributed by atoms with Crippen molar-refractivity contribution in [2.45, 2.75) is 407 Å². The molecule has 9 saturated heterocycles. The molecule has 0 radical (unpaired) electrons. The summed E-state index contributed by atoms with van der Waals surface area (Å²) in [5.41, 5.74) is 0.399. The molecule has 0 aromatic rings. The molecule has 34 nitrogen and oxygen atoms in total. The van der Waals surface area contributed by atoms with E-state index in [2.05, 4.69) is 109 Å². The molecular formula is C102H200N10O24. The quantitative estimate of drug-likeness (QED) is 0.0415. The molecule has 0 spiro atoms. The lowest BCUT2D eigenvalue weighted by Gasteiger charge is -2.42. The van der Waals surface area contributed by atoms with Crippen LogP contribution in [0.15, 0.2) is 12.3 Å². The average molecular weight is 1950 g/mol. The molecule has 1 atom stereocenters. The number of Topliss-reactive ketones (excluding diaryl/α,β-unsaturated/α-hetero) is 1. The summed E-state index contributed by atoms with van der Waals surface area (Å²) in [5, 5.41) is 34.6. The predicted molar refractivity (Wildman–Crippen MR) is 536 cm³/mol. The van der Waals surface area contributed by atoms with Gasteiger partial charge in [-0.25, -0.2) is 4.79 Å². The molecule has 10 aliphatic rings. The minimum absolute atomic E-state index is 0.00160. The zero-order chi connectivity index (χ0) is 104. The van der Waals surface area contributed by atoms with Crippen molar-refractivity contribution in [2.24, 2.45) is 10.8 Å². The number of β-amino-alcohol motifs (C(OH)–C–C–N with tert-alkyl or cyclic N) is 1. The summed E-state index contributed by atoms with van der Waals surface area (Å²) in [5.74, 6) is 0.0527. The van der Waals surface area contributed by atoms with E-state index < -0.39 is 18.3 Å². The van der Waals surface area contributed by atoms with Crippen molar-refractivity contribution in [3.8, 4) is 0 Å². The van der Waals surface area contributed by atoms with Crippen molar-refractivity contribution < 1.29 is 116 Å². The number of aliphatic hydroxyl groups is 4. The van der Waals surface area contributed by atoms with Gasteiger partial charge in [-0.05, 0) is 240 Å². The second-order valence-electron chi connectivity index (χ2n) is 42.6. The normalized spacial score (nSPS) is 18.4. The van der Waals surface area contributed by atoms with Gasteiger partial charge in [0.1, 0.15) is 24.1 Å². The van der Waals surface area contributed by atoms with Crippen LogP contribution >= 0.6 is 0 Å². The van der Waals surface area contributed by atoms with Crippen LogP contribution in [0.5, 0.6) is 0 Å². The third-order valence-corrected chi connectivity index (χ3v) is 21.9. The molecule has 34 heteroatoms. The van der Waals surface area contributed by atoms with Crippen LogP contribution in [0.3, 0.4) is 0 Å². The third-order valence-electron chi connectivity index (χ3n) is 21.9. The number of morpholine rings is 1. The van der Waals surface area contributed by atoms with E-state index in [9.17, 15) is 33.6 Å². The molecule has 0 aromatic carbocycles. The molecule has 802 valence electrons. The van der Waals surface area contributed by atoms with E-state index in [0.717, 1.165) is 117 Å². The summed E-state index contributed by atoms with van der Waals surface area (Å²) in [7, 11) is 4.05. The summed E-state index contributed by atoms with van der Waals surface area (Å²) >= 11 is 0.